The molecule has 158 valence electrons. The smallest absolute Gasteiger partial charge is 0.256 e. The molecule has 0 aliphatic heterocycles. The van der Waals surface area contributed by atoms with E-state index >= 15 is 0 Å². The normalized spacial score (nSPS) is 11.1. The van der Waals surface area contributed by atoms with Crippen molar-refractivity contribution in [3.05, 3.63) is 83.3 Å². The minimum Gasteiger partial charge on any atom is -0.373 e. The standard InChI is InChI=1S/C24H26N6O/c1-28(2)15-16-29(3)20-12-10-19(11-13-20)26-24-25-17-18-9-14-22(31)30(23(18)27-24)21-7-5-4-6-8-21/h4-14,17H,15-16H2,1-3H3,(H,25,26,27). The lowest BCUT2D eigenvalue weighted by Crippen LogP contribution is -2.28. The second kappa shape index (κ2) is 8.97. The minimum atomic E-state index is -0.131. The monoisotopic (exact) mass is 414 g/mol. The molecule has 0 saturated heterocycles. The minimum absolute atomic E-state index is 0.131. The average Bonchev–Trinajstić information content (AvgIpc) is 2.78. The molecule has 0 fully saturated rings. The highest BCUT2D eigenvalue weighted by molar-refractivity contribution is 5.77. The Kier molecular flexibility index (Phi) is 5.95. The summed E-state index contributed by atoms with van der Waals surface area (Å²) in [7, 11) is 6.23. The van der Waals surface area contributed by atoms with Gasteiger partial charge in [0.2, 0.25) is 5.95 Å². The van der Waals surface area contributed by atoms with Gasteiger partial charge in [-0.25, -0.2) is 4.98 Å². The number of rotatable bonds is 7. The lowest BCUT2D eigenvalue weighted by Gasteiger charge is -2.21. The topological polar surface area (TPSA) is 66.3 Å². The first kappa shape index (κ1) is 20.6. The Morgan fingerprint density at radius 3 is 2.35 bits per heavy atom. The van der Waals surface area contributed by atoms with Gasteiger partial charge in [-0.3, -0.25) is 9.36 Å². The number of hydrogen-bond acceptors (Lipinski definition) is 6. The molecule has 0 atom stereocenters. The molecule has 2 aromatic heterocycles. The fraction of sp³-hybridized carbons (Fsp3) is 0.208. The molecule has 0 aliphatic rings. The summed E-state index contributed by atoms with van der Waals surface area (Å²) < 4.78 is 1.60. The van der Waals surface area contributed by atoms with Crippen molar-refractivity contribution in [2.24, 2.45) is 0 Å². The summed E-state index contributed by atoms with van der Waals surface area (Å²) >= 11 is 0. The predicted molar refractivity (Wildman–Crippen MR) is 127 cm³/mol. The molecule has 7 heteroatoms. The van der Waals surface area contributed by atoms with Crippen LogP contribution in [0.4, 0.5) is 17.3 Å². The molecule has 2 aromatic carbocycles. The van der Waals surface area contributed by atoms with Gasteiger partial charge in [-0.15, -0.1) is 0 Å². The Morgan fingerprint density at radius 2 is 1.65 bits per heavy atom. The number of nitrogens with zero attached hydrogens (tertiary/aromatic N) is 5. The van der Waals surface area contributed by atoms with E-state index in [1.165, 1.54) is 6.07 Å². The van der Waals surface area contributed by atoms with E-state index in [9.17, 15) is 4.79 Å². The van der Waals surface area contributed by atoms with Gasteiger partial charge in [0, 0.05) is 49.2 Å². The molecule has 0 saturated carbocycles. The molecule has 0 aliphatic carbocycles. The number of nitrogens with one attached hydrogen (secondary N) is 1. The van der Waals surface area contributed by atoms with Crippen LogP contribution in [0.25, 0.3) is 16.7 Å². The second-order valence-electron chi connectivity index (χ2n) is 7.71. The Bertz CT molecular complexity index is 1220. The van der Waals surface area contributed by atoms with Gasteiger partial charge in [0.25, 0.3) is 5.56 Å². The van der Waals surface area contributed by atoms with Gasteiger partial charge in [0.1, 0.15) is 0 Å². The van der Waals surface area contributed by atoms with Crippen LogP contribution >= 0.6 is 0 Å². The first-order chi connectivity index (χ1) is 15.0. The first-order valence-electron chi connectivity index (χ1n) is 10.2. The second-order valence-corrected chi connectivity index (χ2v) is 7.71. The van der Waals surface area contributed by atoms with E-state index in [1.54, 1.807) is 16.8 Å². The number of para-hydroxylation sites is 1. The maximum absolute atomic E-state index is 12.6. The number of hydrogen-bond donors (Lipinski definition) is 1. The van der Waals surface area contributed by atoms with Crippen LogP contribution in [0.5, 0.6) is 0 Å². The summed E-state index contributed by atoms with van der Waals surface area (Å²) in [5.41, 5.74) is 3.23. The van der Waals surface area contributed by atoms with Crippen molar-refractivity contribution in [3.63, 3.8) is 0 Å². The van der Waals surface area contributed by atoms with Crippen molar-refractivity contribution < 1.29 is 0 Å². The Morgan fingerprint density at radius 1 is 0.903 bits per heavy atom. The molecule has 1 N–H and O–H groups in total. The summed E-state index contributed by atoms with van der Waals surface area (Å²) in [5.74, 6) is 0.441. The highest BCUT2D eigenvalue weighted by atomic mass is 16.1. The molecule has 31 heavy (non-hydrogen) atoms. The van der Waals surface area contributed by atoms with Gasteiger partial charge < -0.3 is 15.1 Å². The molecule has 4 rings (SSSR count). The van der Waals surface area contributed by atoms with E-state index in [0.717, 1.165) is 35.5 Å². The van der Waals surface area contributed by atoms with Gasteiger partial charge in [0.05, 0.1) is 5.69 Å². The predicted octanol–water partition coefficient (Wildman–Crippen LogP) is 3.52. The maximum Gasteiger partial charge on any atom is 0.256 e. The Hall–Kier alpha value is -3.71. The van der Waals surface area contributed by atoms with Crippen LogP contribution in [0.1, 0.15) is 0 Å². The fourth-order valence-corrected chi connectivity index (χ4v) is 3.31. The molecular weight excluding hydrogens is 388 g/mol. The Labute approximate surface area is 181 Å². The van der Waals surface area contributed by atoms with E-state index in [1.807, 2.05) is 42.5 Å². The van der Waals surface area contributed by atoms with Crippen LogP contribution in [-0.4, -0.2) is 53.7 Å². The molecule has 0 unspecified atom stereocenters. The molecular formula is C24H26N6O. The van der Waals surface area contributed by atoms with Gasteiger partial charge in [-0.05, 0) is 56.6 Å². The molecule has 0 radical (unpaired) electrons. The van der Waals surface area contributed by atoms with Crippen molar-refractivity contribution in [3.8, 4) is 5.69 Å². The van der Waals surface area contributed by atoms with Crippen LogP contribution in [0.15, 0.2) is 77.7 Å². The van der Waals surface area contributed by atoms with Crippen molar-refractivity contribution >= 4 is 28.4 Å². The van der Waals surface area contributed by atoms with Crippen molar-refractivity contribution in [2.45, 2.75) is 0 Å². The zero-order valence-electron chi connectivity index (χ0n) is 18.0. The van der Waals surface area contributed by atoms with Gasteiger partial charge in [0.15, 0.2) is 5.65 Å². The van der Waals surface area contributed by atoms with E-state index in [4.69, 9.17) is 0 Å². The van der Waals surface area contributed by atoms with E-state index in [0.29, 0.717) is 11.6 Å². The molecule has 4 aromatic rings. The van der Waals surface area contributed by atoms with E-state index in [-0.39, 0.29) is 5.56 Å². The Balaban J connectivity index is 1.60. The molecule has 2 heterocycles. The zero-order chi connectivity index (χ0) is 21.8. The zero-order valence-corrected chi connectivity index (χ0v) is 18.0. The third-order valence-electron chi connectivity index (χ3n) is 5.09. The van der Waals surface area contributed by atoms with Crippen LogP contribution in [-0.2, 0) is 0 Å². The summed E-state index contributed by atoms with van der Waals surface area (Å²) in [4.78, 5) is 26.0. The van der Waals surface area contributed by atoms with Crippen molar-refractivity contribution in [1.29, 1.82) is 0 Å². The molecule has 0 spiro atoms. The van der Waals surface area contributed by atoms with E-state index < -0.39 is 0 Å². The third kappa shape index (κ3) is 4.73. The summed E-state index contributed by atoms with van der Waals surface area (Å²) in [6.45, 7) is 1.94. The molecule has 0 amide bonds. The summed E-state index contributed by atoms with van der Waals surface area (Å²) in [5, 5.41) is 4.04. The molecule has 7 nitrogen and oxygen atoms in total. The highest BCUT2D eigenvalue weighted by Gasteiger charge is 2.09. The lowest BCUT2D eigenvalue weighted by molar-refractivity contribution is 0.416. The number of pyridine rings is 1. The van der Waals surface area contributed by atoms with Gasteiger partial charge in [-0.1, -0.05) is 18.2 Å². The van der Waals surface area contributed by atoms with Crippen LogP contribution in [0, 0.1) is 0 Å². The summed E-state index contributed by atoms with van der Waals surface area (Å²) in [6.07, 6.45) is 1.73. The van der Waals surface area contributed by atoms with Crippen LogP contribution in [0.3, 0.4) is 0 Å². The quantitative estimate of drug-likeness (QED) is 0.499. The fourth-order valence-electron chi connectivity index (χ4n) is 3.31. The van der Waals surface area contributed by atoms with Crippen molar-refractivity contribution in [2.75, 3.05) is 44.4 Å². The van der Waals surface area contributed by atoms with Gasteiger partial charge >= 0.3 is 0 Å². The number of anilines is 3. The maximum atomic E-state index is 12.6. The summed E-state index contributed by atoms with van der Waals surface area (Å²) in [6, 6.07) is 20.9. The van der Waals surface area contributed by atoms with Crippen LogP contribution < -0.4 is 15.8 Å². The number of likely N-dealkylation sites (N-methyl/N-ethyl adjacent to an activating group) is 2. The lowest BCUT2D eigenvalue weighted by atomic mass is 10.2. The third-order valence-corrected chi connectivity index (χ3v) is 5.09. The highest BCUT2D eigenvalue weighted by Crippen LogP contribution is 2.21. The SMILES string of the molecule is CN(C)CCN(C)c1ccc(Nc2ncc3ccc(=O)n(-c4ccccc4)c3n2)cc1. The number of fused-ring (bicyclic) bond motifs is 1. The average molecular weight is 415 g/mol. The van der Waals surface area contributed by atoms with Crippen molar-refractivity contribution in [1.82, 2.24) is 19.4 Å². The van der Waals surface area contributed by atoms with Gasteiger partial charge in [-0.2, -0.15) is 4.98 Å². The first-order valence-corrected chi connectivity index (χ1v) is 10.2. The van der Waals surface area contributed by atoms with Crippen LogP contribution in [0.2, 0.25) is 0 Å². The number of aromatic nitrogens is 3. The molecule has 0 bridgehead atoms. The number of benzene rings is 2. The largest absolute Gasteiger partial charge is 0.373 e. The van der Waals surface area contributed by atoms with E-state index in [2.05, 4.69) is 58.4 Å².